The number of hydrogen-bond donors (Lipinski definition) is 1. The molecule has 1 aromatic heterocycles. The molecule has 3 heteroatoms. The molecule has 1 atom stereocenters. The van der Waals surface area contributed by atoms with Crippen LogP contribution in [0.2, 0.25) is 0 Å². The van der Waals surface area contributed by atoms with E-state index in [4.69, 9.17) is 5.26 Å². The molecule has 0 saturated heterocycles. The van der Waals surface area contributed by atoms with Crippen molar-refractivity contribution in [3.05, 3.63) is 23.0 Å². The molecule has 0 fully saturated rings. The Morgan fingerprint density at radius 1 is 1.56 bits per heavy atom. The van der Waals surface area contributed by atoms with Gasteiger partial charge in [-0.1, -0.05) is 13.8 Å². The van der Waals surface area contributed by atoms with Gasteiger partial charge in [0.1, 0.15) is 0 Å². The van der Waals surface area contributed by atoms with Crippen LogP contribution in [-0.4, -0.2) is 11.5 Å². The summed E-state index contributed by atoms with van der Waals surface area (Å²) in [7, 11) is 0. The van der Waals surface area contributed by atoms with Crippen molar-refractivity contribution < 1.29 is 0 Å². The van der Waals surface area contributed by atoms with Gasteiger partial charge in [0.25, 0.3) is 0 Å². The summed E-state index contributed by atoms with van der Waals surface area (Å²) in [6.07, 6.45) is 2.73. The molecule has 3 nitrogen and oxygen atoms in total. The molecule has 2 rings (SSSR count). The van der Waals surface area contributed by atoms with Crippen LogP contribution in [-0.2, 0) is 6.42 Å². The molecular weight excluding hydrogens is 198 g/mol. The van der Waals surface area contributed by atoms with Crippen molar-refractivity contribution in [1.29, 1.82) is 5.26 Å². The van der Waals surface area contributed by atoms with Gasteiger partial charge in [-0.15, -0.1) is 0 Å². The number of nitriles is 1. The molecule has 0 aromatic carbocycles. The second-order valence-corrected chi connectivity index (χ2v) is 4.73. The first-order valence-corrected chi connectivity index (χ1v) is 5.75. The van der Waals surface area contributed by atoms with E-state index in [0.29, 0.717) is 5.92 Å². The molecule has 1 aromatic rings. The molecule has 0 amide bonds. The lowest BCUT2D eigenvalue weighted by Gasteiger charge is -2.24. The van der Waals surface area contributed by atoms with Crippen LogP contribution in [0.4, 0.5) is 5.69 Å². The molecule has 0 saturated carbocycles. The highest BCUT2D eigenvalue weighted by molar-refractivity contribution is 5.59. The smallest absolute Gasteiger partial charge is 0.0692 e. The Morgan fingerprint density at radius 3 is 2.94 bits per heavy atom. The molecule has 2 heterocycles. The van der Waals surface area contributed by atoms with Gasteiger partial charge in [0, 0.05) is 19.2 Å². The number of pyridine rings is 1. The highest BCUT2D eigenvalue weighted by Gasteiger charge is 2.21. The molecule has 1 unspecified atom stereocenters. The zero-order valence-corrected chi connectivity index (χ0v) is 10.0. The number of hydrogen-bond acceptors (Lipinski definition) is 3. The van der Waals surface area contributed by atoms with E-state index < -0.39 is 0 Å². The lowest BCUT2D eigenvalue weighted by molar-refractivity contribution is 0.654. The third-order valence-electron chi connectivity index (χ3n) is 3.23. The molecule has 1 aliphatic heterocycles. The molecule has 0 radical (unpaired) electrons. The van der Waals surface area contributed by atoms with Crippen molar-refractivity contribution in [2.24, 2.45) is 5.92 Å². The second kappa shape index (κ2) is 4.13. The summed E-state index contributed by atoms with van der Waals surface area (Å²) in [6, 6.07) is 2.30. The summed E-state index contributed by atoms with van der Waals surface area (Å²) in [6.45, 7) is 7.23. The first-order chi connectivity index (χ1) is 7.63. The summed E-state index contributed by atoms with van der Waals surface area (Å²) in [5, 5.41) is 12.3. The maximum Gasteiger partial charge on any atom is 0.0692 e. The first kappa shape index (κ1) is 10.9. The van der Waals surface area contributed by atoms with E-state index in [9.17, 15) is 0 Å². The molecule has 1 aliphatic rings. The summed E-state index contributed by atoms with van der Waals surface area (Å²) >= 11 is 0. The average molecular weight is 215 g/mol. The van der Waals surface area contributed by atoms with Crippen molar-refractivity contribution in [3.63, 3.8) is 0 Å². The molecule has 1 N–H and O–H groups in total. The van der Waals surface area contributed by atoms with Crippen LogP contribution >= 0.6 is 0 Å². The summed E-state index contributed by atoms with van der Waals surface area (Å²) < 4.78 is 0. The Labute approximate surface area is 96.5 Å². The van der Waals surface area contributed by atoms with Crippen molar-refractivity contribution >= 4 is 5.69 Å². The molecular formula is C13H17N3. The number of nitrogens with zero attached hydrogens (tertiary/aromatic N) is 2. The molecule has 0 aliphatic carbocycles. The highest BCUT2D eigenvalue weighted by Crippen LogP contribution is 2.31. The largest absolute Gasteiger partial charge is 0.382 e. The third-order valence-corrected chi connectivity index (χ3v) is 3.23. The summed E-state index contributed by atoms with van der Waals surface area (Å²) in [5.41, 5.74) is 4.77. The zero-order chi connectivity index (χ0) is 11.7. The van der Waals surface area contributed by atoms with Gasteiger partial charge >= 0.3 is 0 Å². The normalized spacial score (nSPS) is 18.8. The lowest BCUT2D eigenvalue weighted by atomic mass is 9.93. The van der Waals surface area contributed by atoms with E-state index in [-0.39, 0.29) is 5.92 Å². The van der Waals surface area contributed by atoms with E-state index in [1.165, 1.54) is 11.1 Å². The maximum atomic E-state index is 8.91. The quantitative estimate of drug-likeness (QED) is 0.783. The van der Waals surface area contributed by atoms with Crippen LogP contribution < -0.4 is 5.32 Å². The van der Waals surface area contributed by atoms with Crippen molar-refractivity contribution in [1.82, 2.24) is 4.98 Å². The number of fused-ring (bicyclic) bond motifs is 1. The second-order valence-electron chi connectivity index (χ2n) is 4.73. The molecule has 0 spiro atoms. The number of rotatable bonds is 1. The van der Waals surface area contributed by atoms with Crippen LogP contribution in [0.15, 0.2) is 6.20 Å². The minimum Gasteiger partial charge on any atom is -0.382 e. The van der Waals surface area contributed by atoms with E-state index in [2.05, 4.69) is 37.1 Å². The Balaban J connectivity index is 2.41. The fourth-order valence-electron chi connectivity index (χ4n) is 2.26. The van der Waals surface area contributed by atoms with Crippen LogP contribution in [0.5, 0.6) is 0 Å². The topological polar surface area (TPSA) is 48.7 Å². The number of anilines is 1. The van der Waals surface area contributed by atoms with Crippen LogP contribution in [0.3, 0.4) is 0 Å². The first-order valence-electron chi connectivity index (χ1n) is 5.75. The molecule has 84 valence electrons. The van der Waals surface area contributed by atoms with Gasteiger partial charge in [-0.3, -0.25) is 4.98 Å². The van der Waals surface area contributed by atoms with Gasteiger partial charge < -0.3 is 5.32 Å². The summed E-state index contributed by atoms with van der Waals surface area (Å²) in [5.74, 6) is 0.553. The van der Waals surface area contributed by atoms with E-state index in [1.54, 1.807) is 0 Å². The van der Waals surface area contributed by atoms with Crippen molar-refractivity contribution in [2.45, 2.75) is 33.1 Å². The number of aromatic nitrogens is 1. The number of nitrogens with one attached hydrogen (secondary N) is 1. The van der Waals surface area contributed by atoms with Gasteiger partial charge in [0.15, 0.2) is 0 Å². The van der Waals surface area contributed by atoms with Gasteiger partial charge in [-0.05, 0) is 24.0 Å². The fourth-order valence-corrected chi connectivity index (χ4v) is 2.26. The van der Waals surface area contributed by atoms with Crippen LogP contribution in [0, 0.1) is 24.2 Å². The van der Waals surface area contributed by atoms with Crippen molar-refractivity contribution in [2.75, 3.05) is 11.9 Å². The SMILES string of the molecule is Cc1c(C(C)C)cnc2c1NCC(C#N)C2. The minimum atomic E-state index is 0.0595. The van der Waals surface area contributed by atoms with E-state index >= 15 is 0 Å². The van der Waals surface area contributed by atoms with Crippen LogP contribution in [0.25, 0.3) is 0 Å². The lowest BCUT2D eigenvalue weighted by Crippen LogP contribution is -2.24. The Hall–Kier alpha value is -1.56. The van der Waals surface area contributed by atoms with Crippen molar-refractivity contribution in [3.8, 4) is 6.07 Å². The van der Waals surface area contributed by atoms with Gasteiger partial charge in [-0.2, -0.15) is 5.26 Å². The standard InChI is InChI=1S/C13H17N3/c1-8(2)11-7-15-12-4-10(5-14)6-16-13(12)9(11)3/h7-8,10,16H,4,6H2,1-3H3. The Morgan fingerprint density at radius 2 is 2.31 bits per heavy atom. The average Bonchev–Trinajstić information content (AvgIpc) is 2.28. The predicted molar refractivity (Wildman–Crippen MR) is 64.4 cm³/mol. The van der Waals surface area contributed by atoms with E-state index in [0.717, 1.165) is 24.3 Å². The fraction of sp³-hybridized carbons (Fsp3) is 0.538. The van der Waals surface area contributed by atoms with Gasteiger partial charge in [0.2, 0.25) is 0 Å². The molecule has 16 heavy (non-hydrogen) atoms. The van der Waals surface area contributed by atoms with Gasteiger partial charge in [0.05, 0.1) is 23.4 Å². The van der Waals surface area contributed by atoms with E-state index in [1.807, 2.05) is 6.20 Å². The highest BCUT2D eigenvalue weighted by atomic mass is 14.9. The Bertz CT molecular complexity index is 443. The maximum absolute atomic E-state index is 8.91. The minimum absolute atomic E-state index is 0.0595. The zero-order valence-electron chi connectivity index (χ0n) is 10.0. The monoisotopic (exact) mass is 215 g/mol. The van der Waals surface area contributed by atoms with Crippen LogP contribution in [0.1, 0.15) is 36.6 Å². The molecule has 0 bridgehead atoms. The van der Waals surface area contributed by atoms with Gasteiger partial charge in [-0.25, -0.2) is 0 Å². The predicted octanol–water partition coefficient (Wildman–Crippen LogP) is 2.62. The Kier molecular flexibility index (Phi) is 2.82. The third kappa shape index (κ3) is 1.76. The summed E-state index contributed by atoms with van der Waals surface area (Å²) in [4.78, 5) is 4.49.